The Morgan fingerprint density at radius 1 is 1.07 bits per heavy atom. The van der Waals surface area contributed by atoms with E-state index < -0.39 is 6.10 Å². The molecule has 0 aromatic heterocycles. The molecule has 0 radical (unpaired) electrons. The zero-order valence-corrected chi connectivity index (χ0v) is 18.8. The van der Waals surface area contributed by atoms with Crippen LogP contribution in [0.25, 0.3) is 0 Å². The van der Waals surface area contributed by atoms with Crippen LogP contribution in [0.5, 0.6) is 0 Å². The van der Waals surface area contributed by atoms with Gasteiger partial charge in [-0.1, -0.05) is 33.1 Å². The highest BCUT2D eigenvalue weighted by Crippen LogP contribution is 2.27. The minimum atomic E-state index is -0.409. The Hall–Kier alpha value is -1.92. The summed E-state index contributed by atoms with van der Waals surface area (Å²) in [5.41, 5.74) is 2.61. The number of carbonyl (C=O) groups excluding carboxylic acids is 2. The van der Waals surface area contributed by atoms with Gasteiger partial charge < -0.3 is 14.9 Å². The van der Waals surface area contributed by atoms with E-state index in [1.165, 1.54) is 19.3 Å². The molecule has 1 fully saturated rings. The number of hydrogen-bond acceptors (Lipinski definition) is 4. The Balaban J connectivity index is 1.94. The molecule has 3 rings (SSSR count). The third-order valence-electron chi connectivity index (χ3n) is 6.02. The van der Waals surface area contributed by atoms with Crippen molar-refractivity contribution in [2.45, 2.75) is 65.5 Å². The summed E-state index contributed by atoms with van der Waals surface area (Å²) in [4.78, 5) is 31.3. The second-order valence-corrected chi connectivity index (χ2v) is 9.27. The summed E-state index contributed by atoms with van der Waals surface area (Å²) in [6.07, 6.45) is 5.34. The van der Waals surface area contributed by atoms with Crippen molar-refractivity contribution in [2.24, 2.45) is 5.92 Å². The first kappa shape index (κ1) is 22.8. The third-order valence-corrected chi connectivity index (χ3v) is 6.02. The van der Waals surface area contributed by atoms with Gasteiger partial charge in [0.05, 0.1) is 6.10 Å². The predicted molar refractivity (Wildman–Crippen MR) is 120 cm³/mol. The molecule has 30 heavy (non-hydrogen) atoms. The van der Waals surface area contributed by atoms with Crippen LogP contribution in [-0.2, 0) is 11.3 Å². The van der Waals surface area contributed by atoms with E-state index in [0.717, 1.165) is 50.3 Å². The number of anilines is 1. The monoisotopic (exact) mass is 415 g/mol. The van der Waals surface area contributed by atoms with Gasteiger partial charge in [0.1, 0.15) is 0 Å². The number of aliphatic hydroxyl groups excluding tert-OH is 1. The lowest BCUT2D eigenvalue weighted by Crippen LogP contribution is -2.53. The molecule has 6 heteroatoms. The van der Waals surface area contributed by atoms with Crippen molar-refractivity contribution in [1.29, 1.82) is 0 Å². The van der Waals surface area contributed by atoms with Crippen LogP contribution in [0.15, 0.2) is 18.2 Å². The summed E-state index contributed by atoms with van der Waals surface area (Å²) in [6.45, 7) is 10.4. The zero-order valence-electron chi connectivity index (χ0n) is 18.8. The highest BCUT2D eigenvalue weighted by molar-refractivity contribution is 5.97. The fraction of sp³-hybridized carbons (Fsp3) is 0.667. The van der Waals surface area contributed by atoms with Crippen LogP contribution in [0.3, 0.4) is 0 Å². The maximum Gasteiger partial charge on any atom is 0.254 e. The van der Waals surface area contributed by atoms with Gasteiger partial charge in [0, 0.05) is 50.9 Å². The van der Waals surface area contributed by atoms with Crippen molar-refractivity contribution < 1.29 is 14.7 Å². The molecular formula is C24H37N3O3. The Morgan fingerprint density at radius 3 is 2.37 bits per heavy atom. The molecule has 0 aliphatic carbocycles. The fourth-order valence-electron chi connectivity index (χ4n) is 4.49. The predicted octanol–water partition coefficient (Wildman–Crippen LogP) is 3.28. The molecule has 0 bridgehead atoms. The van der Waals surface area contributed by atoms with Crippen molar-refractivity contribution in [3.05, 3.63) is 29.3 Å². The number of carbonyl (C=O) groups is 2. The number of rotatable bonds is 3. The van der Waals surface area contributed by atoms with Crippen LogP contribution < -0.4 is 4.90 Å². The number of benzene rings is 1. The summed E-state index contributed by atoms with van der Waals surface area (Å²) in [7, 11) is 0. The van der Waals surface area contributed by atoms with Crippen LogP contribution in [0.2, 0.25) is 0 Å². The third kappa shape index (κ3) is 5.82. The summed E-state index contributed by atoms with van der Waals surface area (Å²) in [5.74, 6) is 0.560. The van der Waals surface area contributed by atoms with E-state index in [2.05, 4.69) is 18.7 Å². The van der Waals surface area contributed by atoms with Gasteiger partial charge in [0.2, 0.25) is 5.91 Å². The number of hydrogen-bond donors (Lipinski definition) is 1. The molecule has 0 spiro atoms. The van der Waals surface area contributed by atoms with Crippen LogP contribution >= 0.6 is 0 Å². The van der Waals surface area contributed by atoms with Gasteiger partial charge >= 0.3 is 0 Å². The quantitative estimate of drug-likeness (QED) is 0.823. The molecule has 0 atom stereocenters. The Kier molecular flexibility index (Phi) is 7.89. The van der Waals surface area contributed by atoms with Gasteiger partial charge in [-0.15, -0.1) is 0 Å². The topological polar surface area (TPSA) is 64.1 Å². The maximum atomic E-state index is 12.8. The van der Waals surface area contributed by atoms with Crippen molar-refractivity contribution in [3.8, 4) is 0 Å². The summed E-state index contributed by atoms with van der Waals surface area (Å²) >= 11 is 0. The van der Waals surface area contributed by atoms with Crippen molar-refractivity contribution in [1.82, 2.24) is 9.80 Å². The summed E-state index contributed by atoms with van der Waals surface area (Å²) in [6, 6.07) is 5.75. The second kappa shape index (κ2) is 10.4. The highest BCUT2D eigenvalue weighted by Gasteiger charge is 2.30. The summed E-state index contributed by atoms with van der Waals surface area (Å²) in [5, 5.41) is 9.55. The maximum absolute atomic E-state index is 12.8. The molecule has 1 aromatic carbocycles. The van der Waals surface area contributed by atoms with E-state index in [-0.39, 0.29) is 11.8 Å². The first-order valence-electron chi connectivity index (χ1n) is 11.5. The van der Waals surface area contributed by atoms with Gasteiger partial charge in [-0.2, -0.15) is 0 Å². The van der Waals surface area contributed by atoms with Gasteiger partial charge in [0.15, 0.2) is 0 Å². The number of aliphatic hydroxyl groups is 1. The molecule has 1 saturated heterocycles. The largest absolute Gasteiger partial charge is 0.389 e. The second-order valence-electron chi connectivity index (χ2n) is 9.27. The first-order valence-corrected chi connectivity index (χ1v) is 11.5. The molecule has 2 aliphatic rings. The molecule has 1 aromatic rings. The lowest BCUT2D eigenvalue weighted by molar-refractivity contribution is -0.116. The number of nitrogens with zero attached hydrogens (tertiary/aromatic N) is 3. The average Bonchev–Trinajstić information content (AvgIpc) is 2.65. The van der Waals surface area contributed by atoms with Gasteiger partial charge in [-0.3, -0.25) is 14.5 Å². The van der Waals surface area contributed by atoms with Gasteiger partial charge in [-0.05, 0) is 49.1 Å². The Morgan fingerprint density at radius 2 is 1.73 bits per heavy atom. The van der Waals surface area contributed by atoms with E-state index in [1.807, 2.05) is 23.1 Å². The number of likely N-dealkylation sites (tertiary alicyclic amines) is 1. The van der Waals surface area contributed by atoms with E-state index in [4.69, 9.17) is 0 Å². The van der Waals surface area contributed by atoms with E-state index in [0.29, 0.717) is 24.6 Å². The van der Waals surface area contributed by atoms with Gasteiger partial charge in [0.25, 0.3) is 5.91 Å². The van der Waals surface area contributed by atoms with Crippen LogP contribution in [0, 0.1) is 5.92 Å². The van der Waals surface area contributed by atoms with E-state index in [9.17, 15) is 14.7 Å². The molecule has 0 unspecified atom stereocenters. The first-order chi connectivity index (χ1) is 14.3. The lowest BCUT2D eigenvalue weighted by Gasteiger charge is -2.36. The molecule has 2 heterocycles. The van der Waals surface area contributed by atoms with Crippen LogP contribution in [0.1, 0.15) is 68.8 Å². The van der Waals surface area contributed by atoms with E-state index in [1.54, 1.807) is 11.8 Å². The SMILES string of the molecule is CC(=O)N1CCCCCCCN(CC(C)C)Cc2cc(C(=O)N3CC(O)C3)ccc21. The average molecular weight is 416 g/mol. The number of fused-ring (bicyclic) bond motifs is 1. The molecule has 0 saturated carbocycles. The Bertz CT molecular complexity index is 743. The zero-order chi connectivity index (χ0) is 21.7. The van der Waals surface area contributed by atoms with Crippen molar-refractivity contribution >= 4 is 17.5 Å². The highest BCUT2D eigenvalue weighted by atomic mass is 16.3. The minimum absolute atomic E-state index is 0.0426. The molecule has 2 aliphatic heterocycles. The summed E-state index contributed by atoms with van der Waals surface area (Å²) < 4.78 is 0. The molecule has 1 N–H and O–H groups in total. The molecular weight excluding hydrogens is 378 g/mol. The van der Waals surface area contributed by atoms with Crippen molar-refractivity contribution in [2.75, 3.05) is 37.6 Å². The normalized spacial score (nSPS) is 19.6. The van der Waals surface area contributed by atoms with Gasteiger partial charge in [-0.25, -0.2) is 0 Å². The van der Waals surface area contributed by atoms with Crippen LogP contribution in [0.4, 0.5) is 5.69 Å². The fourth-order valence-corrected chi connectivity index (χ4v) is 4.49. The number of amides is 2. The Labute approximate surface area is 180 Å². The smallest absolute Gasteiger partial charge is 0.254 e. The lowest BCUT2D eigenvalue weighted by atomic mass is 10.0. The van der Waals surface area contributed by atoms with Crippen LogP contribution in [-0.4, -0.2) is 65.5 Å². The molecule has 6 nitrogen and oxygen atoms in total. The molecule has 2 amide bonds. The van der Waals surface area contributed by atoms with E-state index >= 15 is 0 Å². The molecule has 166 valence electrons. The van der Waals surface area contributed by atoms with Crippen molar-refractivity contribution in [3.63, 3.8) is 0 Å². The minimum Gasteiger partial charge on any atom is -0.389 e. The standard InChI is InChI=1S/C24H37N3O3/c1-18(2)14-25-11-7-5-4-6-8-12-27(19(3)28)23-10-9-20(13-21(23)15-25)24(30)26-16-22(29)17-26/h9-10,13,18,22,29H,4-8,11-12,14-17H2,1-3H3. The number of β-amino-alcohol motifs (C(OH)–C–C–N with tert-alkyl or cyclic N) is 1.